The van der Waals surface area contributed by atoms with E-state index < -0.39 is 5.91 Å². The summed E-state index contributed by atoms with van der Waals surface area (Å²) in [6.45, 7) is 3.17. The fourth-order valence-corrected chi connectivity index (χ4v) is 4.46. The number of ether oxygens (including phenoxy) is 1. The number of nitrogens with one attached hydrogen (secondary N) is 1. The van der Waals surface area contributed by atoms with Crippen molar-refractivity contribution in [3.8, 4) is 11.3 Å². The van der Waals surface area contributed by atoms with Crippen molar-refractivity contribution in [1.82, 2.24) is 24.5 Å². The van der Waals surface area contributed by atoms with Crippen LogP contribution in [0.4, 0.5) is 17.2 Å². The molecule has 0 bridgehead atoms. The summed E-state index contributed by atoms with van der Waals surface area (Å²) in [6, 6.07) is 7.95. The summed E-state index contributed by atoms with van der Waals surface area (Å²) in [4.78, 5) is 32.8. The summed E-state index contributed by atoms with van der Waals surface area (Å²) in [6.07, 6.45) is 7.04. The van der Waals surface area contributed by atoms with Crippen molar-refractivity contribution in [2.45, 2.75) is 5.03 Å². The van der Waals surface area contributed by atoms with E-state index in [1.807, 2.05) is 42.1 Å². The van der Waals surface area contributed by atoms with Gasteiger partial charge in [-0.1, -0.05) is 0 Å². The first kappa shape index (κ1) is 22.1. The molecule has 3 aromatic heterocycles. The van der Waals surface area contributed by atoms with Crippen molar-refractivity contribution in [3.05, 3.63) is 48.7 Å². The number of fused-ring (bicyclic) bond motifs is 1. The van der Waals surface area contributed by atoms with Gasteiger partial charge >= 0.3 is 0 Å². The molecule has 34 heavy (non-hydrogen) atoms. The van der Waals surface area contributed by atoms with Crippen molar-refractivity contribution in [3.63, 3.8) is 0 Å². The van der Waals surface area contributed by atoms with Gasteiger partial charge in [-0.15, -0.1) is 11.8 Å². The standard InChI is InChI=1S/C23H24N8O2S/c1-30-13-26-18-16(11-25-12-17(18)30)19-23(34-2)29-22(20(28-19)21(24)32)27-14-3-5-15(6-4-14)31-7-9-33-10-8-31/h3-6,11-13H,7-10H2,1-2H3,(H2,24,32)(H,27,29). The van der Waals surface area contributed by atoms with Gasteiger partial charge < -0.3 is 25.3 Å². The maximum Gasteiger partial charge on any atom is 0.271 e. The number of imidazole rings is 1. The minimum Gasteiger partial charge on any atom is -0.378 e. The number of carbonyl (C=O) groups excluding carboxylic acids is 1. The van der Waals surface area contributed by atoms with Gasteiger partial charge in [0.1, 0.15) is 16.2 Å². The molecule has 11 heteroatoms. The van der Waals surface area contributed by atoms with Crippen LogP contribution in [0.2, 0.25) is 0 Å². The summed E-state index contributed by atoms with van der Waals surface area (Å²) in [5.41, 5.74) is 10.5. The number of primary amides is 1. The average Bonchev–Trinajstić information content (AvgIpc) is 3.25. The SMILES string of the molecule is CSc1nc(Nc2ccc(N3CCOCC3)cc2)c(C(N)=O)nc1-c1cncc2c1ncn2C. The van der Waals surface area contributed by atoms with Crippen molar-refractivity contribution in [1.29, 1.82) is 0 Å². The van der Waals surface area contributed by atoms with E-state index in [9.17, 15) is 4.79 Å². The number of morpholine rings is 1. The number of pyridine rings is 1. The van der Waals surface area contributed by atoms with Crippen LogP contribution in [-0.4, -0.2) is 63.0 Å². The number of carbonyl (C=O) groups is 1. The lowest BCUT2D eigenvalue weighted by Crippen LogP contribution is -2.36. The van der Waals surface area contributed by atoms with Gasteiger partial charge in [0, 0.05) is 43.3 Å². The molecule has 0 unspecified atom stereocenters. The monoisotopic (exact) mass is 476 g/mol. The number of amides is 1. The average molecular weight is 477 g/mol. The zero-order valence-corrected chi connectivity index (χ0v) is 19.7. The van der Waals surface area contributed by atoms with E-state index in [1.165, 1.54) is 11.8 Å². The molecule has 3 N–H and O–H groups in total. The van der Waals surface area contributed by atoms with Crippen LogP contribution < -0.4 is 16.0 Å². The molecule has 0 spiro atoms. The van der Waals surface area contributed by atoms with Crippen LogP contribution in [0, 0.1) is 0 Å². The highest BCUT2D eigenvalue weighted by Crippen LogP contribution is 2.33. The third kappa shape index (κ3) is 4.15. The zero-order valence-electron chi connectivity index (χ0n) is 18.9. The highest BCUT2D eigenvalue weighted by molar-refractivity contribution is 7.98. The molecule has 10 nitrogen and oxygen atoms in total. The lowest BCUT2D eigenvalue weighted by molar-refractivity contribution is 0.0996. The smallest absolute Gasteiger partial charge is 0.271 e. The van der Waals surface area contributed by atoms with Crippen molar-refractivity contribution < 1.29 is 9.53 Å². The molecule has 0 radical (unpaired) electrons. The predicted molar refractivity (Wildman–Crippen MR) is 133 cm³/mol. The number of nitrogens with zero attached hydrogens (tertiary/aromatic N) is 6. The summed E-state index contributed by atoms with van der Waals surface area (Å²) in [5.74, 6) is -0.365. The Hall–Kier alpha value is -3.70. The van der Waals surface area contributed by atoms with Crippen molar-refractivity contribution >= 4 is 45.9 Å². The first-order valence-corrected chi connectivity index (χ1v) is 12.0. The zero-order chi connectivity index (χ0) is 23.7. The molecule has 4 aromatic rings. The van der Waals surface area contributed by atoms with Crippen LogP contribution in [0.3, 0.4) is 0 Å². The van der Waals surface area contributed by atoms with Crippen LogP contribution >= 0.6 is 11.8 Å². The molecule has 0 aliphatic carbocycles. The molecular formula is C23H24N8O2S. The first-order valence-electron chi connectivity index (χ1n) is 10.8. The second-order valence-corrected chi connectivity index (χ2v) is 8.62. The molecule has 1 aliphatic heterocycles. The van der Waals surface area contributed by atoms with E-state index in [0.717, 1.165) is 48.7 Å². The van der Waals surface area contributed by atoms with Gasteiger partial charge in [0.15, 0.2) is 11.5 Å². The van der Waals surface area contributed by atoms with Crippen LogP contribution in [0.15, 0.2) is 48.0 Å². The van der Waals surface area contributed by atoms with Gasteiger partial charge in [-0.05, 0) is 30.5 Å². The van der Waals surface area contributed by atoms with Gasteiger partial charge in [0.2, 0.25) is 0 Å². The van der Waals surface area contributed by atoms with E-state index in [4.69, 9.17) is 15.5 Å². The Morgan fingerprint density at radius 2 is 1.91 bits per heavy atom. The maximum absolute atomic E-state index is 12.3. The Kier molecular flexibility index (Phi) is 6.03. The third-order valence-corrected chi connectivity index (χ3v) is 6.36. The largest absolute Gasteiger partial charge is 0.378 e. The number of anilines is 3. The Morgan fingerprint density at radius 1 is 1.15 bits per heavy atom. The van der Waals surface area contributed by atoms with E-state index in [2.05, 4.69) is 25.2 Å². The molecule has 5 rings (SSSR count). The molecule has 1 saturated heterocycles. The van der Waals surface area contributed by atoms with Crippen LogP contribution in [0.25, 0.3) is 22.3 Å². The molecule has 0 atom stereocenters. The number of nitrogens with two attached hydrogens (primary N) is 1. The fraction of sp³-hybridized carbons (Fsp3) is 0.261. The first-order chi connectivity index (χ1) is 16.5. The highest BCUT2D eigenvalue weighted by atomic mass is 32.2. The summed E-state index contributed by atoms with van der Waals surface area (Å²) in [7, 11) is 1.90. The van der Waals surface area contributed by atoms with Gasteiger partial charge in [-0.3, -0.25) is 9.78 Å². The second-order valence-electron chi connectivity index (χ2n) is 7.82. The summed E-state index contributed by atoms with van der Waals surface area (Å²) >= 11 is 1.43. The molecular weight excluding hydrogens is 452 g/mol. The summed E-state index contributed by atoms with van der Waals surface area (Å²) < 4.78 is 7.30. The Morgan fingerprint density at radius 3 is 2.62 bits per heavy atom. The van der Waals surface area contributed by atoms with Gasteiger partial charge in [0.05, 0.1) is 31.3 Å². The molecule has 1 aromatic carbocycles. The minimum absolute atomic E-state index is 0.0537. The Balaban J connectivity index is 1.51. The molecule has 1 aliphatic rings. The van der Waals surface area contributed by atoms with E-state index >= 15 is 0 Å². The van der Waals surface area contributed by atoms with Crippen LogP contribution in [-0.2, 0) is 11.8 Å². The Labute approximate surface area is 200 Å². The lowest BCUT2D eigenvalue weighted by Gasteiger charge is -2.29. The molecule has 1 amide bonds. The fourth-order valence-electron chi connectivity index (χ4n) is 3.93. The number of benzene rings is 1. The number of aromatic nitrogens is 5. The molecule has 1 fully saturated rings. The predicted octanol–water partition coefficient (Wildman–Crippen LogP) is 2.83. The van der Waals surface area contributed by atoms with E-state index in [0.29, 0.717) is 22.1 Å². The molecule has 4 heterocycles. The number of thioether (sulfide) groups is 1. The second kappa shape index (κ2) is 9.27. The Bertz CT molecular complexity index is 1350. The summed E-state index contributed by atoms with van der Waals surface area (Å²) in [5, 5.41) is 3.85. The van der Waals surface area contributed by atoms with Crippen LogP contribution in [0.5, 0.6) is 0 Å². The normalized spacial score (nSPS) is 13.9. The minimum atomic E-state index is -0.671. The number of rotatable bonds is 6. The maximum atomic E-state index is 12.3. The van der Waals surface area contributed by atoms with Crippen LogP contribution in [0.1, 0.15) is 10.5 Å². The van der Waals surface area contributed by atoms with E-state index in [1.54, 1.807) is 18.7 Å². The highest BCUT2D eigenvalue weighted by Gasteiger charge is 2.21. The van der Waals surface area contributed by atoms with Crippen molar-refractivity contribution in [2.75, 3.05) is 42.8 Å². The number of hydrogen-bond donors (Lipinski definition) is 2. The molecule has 0 saturated carbocycles. The quantitative estimate of drug-likeness (QED) is 0.404. The van der Waals surface area contributed by atoms with E-state index in [-0.39, 0.29) is 5.69 Å². The van der Waals surface area contributed by atoms with Gasteiger partial charge in [0.25, 0.3) is 5.91 Å². The van der Waals surface area contributed by atoms with Gasteiger partial charge in [-0.2, -0.15) is 0 Å². The lowest BCUT2D eigenvalue weighted by atomic mass is 10.1. The number of aryl methyl sites for hydroxylation is 1. The number of hydrogen-bond acceptors (Lipinski definition) is 9. The van der Waals surface area contributed by atoms with Gasteiger partial charge in [-0.25, -0.2) is 15.0 Å². The topological polar surface area (TPSA) is 124 Å². The van der Waals surface area contributed by atoms with Crippen molar-refractivity contribution in [2.24, 2.45) is 12.8 Å². The third-order valence-electron chi connectivity index (χ3n) is 5.69. The molecule has 174 valence electrons.